The molecule has 64 valence electrons. The predicted octanol–water partition coefficient (Wildman–Crippen LogP) is 0.359. The van der Waals surface area contributed by atoms with Crippen molar-refractivity contribution in [3.8, 4) is 0 Å². The molecule has 0 atom stereocenters. The first kappa shape index (κ1) is 9.94. The van der Waals surface area contributed by atoms with Gasteiger partial charge in [0.1, 0.15) is 0 Å². The second-order valence-electron chi connectivity index (χ2n) is 2.48. The summed E-state index contributed by atoms with van der Waals surface area (Å²) in [5.41, 5.74) is 0. The SMILES string of the molecule is CC(C)COC(=O)COC=O. The van der Waals surface area contributed by atoms with Crippen molar-refractivity contribution in [2.75, 3.05) is 13.2 Å². The molecule has 0 fully saturated rings. The van der Waals surface area contributed by atoms with Gasteiger partial charge in [-0.3, -0.25) is 4.79 Å². The fourth-order valence-corrected chi connectivity index (χ4v) is 0.403. The first-order valence-corrected chi connectivity index (χ1v) is 3.37. The van der Waals surface area contributed by atoms with E-state index in [9.17, 15) is 9.59 Å². The van der Waals surface area contributed by atoms with Gasteiger partial charge in [0.25, 0.3) is 6.47 Å². The van der Waals surface area contributed by atoms with Crippen LogP contribution in [-0.2, 0) is 19.1 Å². The van der Waals surface area contributed by atoms with Crippen LogP contribution in [0.4, 0.5) is 0 Å². The van der Waals surface area contributed by atoms with E-state index >= 15 is 0 Å². The molecule has 0 aliphatic carbocycles. The monoisotopic (exact) mass is 160 g/mol. The van der Waals surface area contributed by atoms with E-state index in [1.807, 2.05) is 13.8 Å². The lowest BCUT2D eigenvalue weighted by Gasteiger charge is -2.05. The van der Waals surface area contributed by atoms with E-state index < -0.39 is 5.97 Å². The third-order valence-electron chi connectivity index (χ3n) is 0.847. The van der Waals surface area contributed by atoms with E-state index in [0.717, 1.165) is 0 Å². The van der Waals surface area contributed by atoms with Crippen molar-refractivity contribution in [1.29, 1.82) is 0 Å². The molecule has 0 heterocycles. The standard InChI is InChI=1S/C7H12O4/c1-6(2)3-11-7(9)4-10-5-8/h5-6H,3-4H2,1-2H3. The minimum atomic E-state index is -0.509. The molecule has 0 saturated carbocycles. The average molecular weight is 160 g/mol. The molecule has 0 N–H and O–H groups in total. The molecule has 11 heavy (non-hydrogen) atoms. The summed E-state index contributed by atoms with van der Waals surface area (Å²) in [6.07, 6.45) is 0. The molecule has 0 aromatic carbocycles. The van der Waals surface area contributed by atoms with Gasteiger partial charge in [-0.15, -0.1) is 0 Å². The second kappa shape index (κ2) is 5.70. The molecule has 0 aliphatic heterocycles. The van der Waals surface area contributed by atoms with Crippen molar-refractivity contribution in [3.63, 3.8) is 0 Å². The van der Waals surface area contributed by atoms with Crippen LogP contribution < -0.4 is 0 Å². The van der Waals surface area contributed by atoms with Crippen molar-refractivity contribution in [2.24, 2.45) is 5.92 Å². The summed E-state index contributed by atoms with van der Waals surface area (Å²) in [4.78, 5) is 20.2. The lowest BCUT2D eigenvalue weighted by atomic mass is 10.2. The first-order chi connectivity index (χ1) is 5.16. The Hall–Kier alpha value is -1.06. The van der Waals surface area contributed by atoms with Gasteiger partial charge in [-0.25, -0.2) is 4.79 Å². The number of carbonyl (C=O) groups is 2. The molecular weight excluding hydrogens is 148 g/mol. The molecule has 0 aromatic heterocycles. The maximum absolute atomic E-state index is 10.6. The maximum Gasteiger partial charge on any atom is 0.344 e. The highest BCUT2D eigenvalue weighted by Gasteiger charge is 2.03. The van der Waals surface area contributed by atoms with Gasteiger partial charge in [-0.05, 0) is 5.92 Å². The fourth-order valence-electron chi connectivity index (χ4n) is 0.403. The summed E-state index contributed by atoms with van der Waals surface area (Å²) in [5.74, 6) is -0.207. The average Bonchev–Trinajstić information content (AvgIpc) is 1.97. The van der Waals surface area contributed by atoms with Crippen LogP contribution >= 0.6 is 0 Å². The molecule has 0 amide bonds. The minimum Gasteiger partial charge on any atom is -0.463 e. The summed E-state index contributed by atoms with van der Waals surface area (Å²) < 4.78 is 8.86. The van der Waals surface area contributed by atoms with Crippen molar-refractivity contribution in [1.82, 2.24) is 0 Å². The van der Waals surface area contributed by atoms with E-state index in [1.54, 1.807) is 0 Å². The Kier molecular flexibility index (Phi) is 5.15. The number of ether oxygens (including phenoxy) is 2. The Morgan fingerprint density at radius 2 is 2.18 bits per heavy atom. The van der Waals surface area contributed by atoms with Crippen molar-refractivity contribution in [2.45, 2.75) is 13.8 Å². The van der Waals surface area contributed by atoms with Crippen molar-refractivity contribution < 1.29 is 19.1 Å². The Labute approximate surface area is 65.5 Å². The van der Waals surface area contributed by atoms with Gasteiger partial charge in [-0.1, -0.05) is 13.8 Å². The lowest BCUT2D eigenvalue weighted by Crippen LogP contribution is -2.15. The second-order valence-corrected chi connectivity index (χ2v) is 2.48. The molecule has 4 nitrogen and oxygen atoms in total. The molecule has 4 heteroatoms. The Morgan fingerprint density at radius 1 is 1.55 bits per heavy atom. The molecule has 0 spiro atoms. The van der Waals surface area contributed by atoms with Gasteiger partial charge >= 0.3 is 5.97 Å². The van der Waals surface area contributed by atoms with E-state index in [0.29, 0.717) is 12.5 Å². The Balaban J connectivity index is 3.29. The minimum absolute atomic E-state index is 0.219. The summed E-state index contributed by atoms with van der Waals surface area (Å²) in [6.45, 7) is 4.13. The van der Waals surface area contributed by atoms with Gasteiger partial charge in [0.2, 0.25) is 0 Å². The topological polar surface area (TPSA) is 52.6 Å². The van der Waals surface area contributed by atoms with Crippen LogP contribution in [-0.4, -0.2) is 25.7 Å². The number of carbonyl (C=O) groups excluding carboxylic acids is 2. The molecule has 0 aliphatic rings. The molecule has 0 radical (unpaired) electrons. The summed E-state index contributed by atoms with van der Waals surface area (Å²) in [5, 5.41) is 0. The Bertz CT molecular complexity index is 130. The normalized spacial score (nSPS) is 9.36. The lowest BCUT2D eigenvalue weighted by molar-refractivity contribution is -0.153. The Morgan fingerprint density at radius 3 is 2.64 bits per heavy atom. The van der Waals surface area contributed by atoms with E-state index in [4.69, 9.17) is 0 Å². The van der Waals surface area contributed by atoms with Crippen LogP contribution in [0.5, 0.6) is 0 Å². The van der Waals surface area contributed by atoms with E-state index in [-0.39, 0.29) is 13.1 Å². The van der Waals surface area contributed by atoms with Gasteiger partial charge in [-0.2, -0.15) is 0 Å². The highest BCUT2D eigenvalue weighted by molar-refractivity contribution is 5.71. The van der Waals surface area contributed by atoms with Crippen LogP contribution in [0.25, 0.3) is 0 Å². The van der Waals surface area contributed by atoms with E-state index in [1.165, 1.54) is 0 Å². The highest BCUT2D eigenvalue weighted by atomic mass is 16.6. The van der Waals surface area contributed by atoms with Crippen LogP contribution in [0.15, 0.2) is 0 Å². The summed E-state index contributed by atoms with van der Waals surface area (Å²) in [7, 11) is 0. The quantitative estimate of drug-likeness (QED) is 0.430. The third-order valence-corrected chi connectivity index (χ3v) is 0.847. The van der Waals surface area contributed by atoms with Gasteiger partial charge in [0.05, 0.1) is 6.61 Å². The number of esters is 1. The highest BCUT2D eigenvalue weighted by Crippen LogP contribution is 1.92. The predicted molar refractivity (Wildman–Crippen MR) is 37.8 cm³/mol. The molecule has 0 bridgehead atoms. The molecule has 0 rings (SSSR count). The first-order valence-electron chi connectivity index (χ1n) is 3.37. The van der Waals surface area contributed by atoms with Gasteiger partial charge in [0.15, 0.2) is 6.61 Å². The zero-order valence-corrected chi connectivity index (χ0v) is 6.70. The largest absolute Gasteiger partial charge is 0.463 e. The van der Waals surface area contributed by atoms with E-state index in [2.05, 4.69) is 9.47 Å². The third kappa shape index (κ3) is 6.83. The zero-order chi connectivity index (χ0) is 8.69. The fraction of sp³-hybridized carbons (Fsp3) is 0.714. The smallest absolute Gasteiger partial charge is 0.344 e. The van der Waals surface area contributed by atoms with Gasteiger partial charge in [0, 0.05) is 0 Å². The maximum atomic E-state index is 10.6. The van der Waals surface area contributed by atoms with Gasteiger partial charge < -0.3 is 9.47 Å². The number of hydrogen-bond donors (Lipinski definition) is 0. The van der Waals surface area contributed by atoms with Crippen LogP contribution in [0, 0.1) is 5.92 Å². The van der Waals surface area contributed by atoms with Crippen molar-refractivity contribution in [3.05, 3.63) is 0 Å². The summed E-state index contributed by atoms with van der Waals surface area (Å²) >= 11 is 0. The number of rotatable bonds is 5. The van der Waals surface area contributed by atoms with Crippen LogP contribution in [0.3, 0.4) is 0 Å². The molecule has 0 aromatic rings. The molecule has 0 unspecified atom stereocenters. The number of hydrogen-bond acceptors (Lipinski definition) is 4. The summed E-state index contributed by atoms with van der Waals surface area (Å²) in [6, 6.07) is 0. The van der Waals surface area contributed by atoms with Crippen LogP contribution in [0.1, 0.15) is 13.8 Å². The molecular formula is C7H12O4. The molecule has 0 saturated heterocycles. The van der Waals surface area contributed by atoms with Crippen molar-refractivity contribution >= 4 is 12.4 Å². The van der Waals surface area contributed by atoms with Crippen LogP contribution in [0.2, 0.25) is 0 Å². The zero-order valence-electron chi connectivity index (χ0n) is 6.70.